The van der Waals surface area contributed by atoms with Gasteiger partial charge in [0.1, 0.15) is 11.4 Å². The van der Waals surface area contributed by atoms with Crippen molar-refractivity contribution in [3.63, 3.8) is 0 Å². The number of hydrazine groups is 1. The Morgan fingerprint density at radius 3 is 2.29 bits per heavy atom. The lowest BCUT2D eigenvalue weighted by Crippen LogP contribution is -2.43. The minimum Gasteiger partial charge on any atom is -0.497 e. The molecule has 0 atom stereocenters. The van der Waals surface area contributed by atoms with E-state index >= 15 is 0 Å². The van der Waals surface area contributed by atoms with Gasteiger partial charge in [-0.25, -0.2) is 10.2 Å². The first kappa shape index (κ1) is 21.3. The largest absolute Gasteiger partial charge is 0.497 e. The fraction of sp³-hybridized carbons (Fsp3) is 0.471. The maximum Gasteiger partial charge on any atom is 0.439 e. The number of hydrogen-bond donors (Lipinski definition) is 1. The second kappa shape index (κ2) is 7.95. The van der Waals surface area contributed by atoms with E-state index < -0.39 is 29.4 Å². The minimum absolute atomic E-state index is 0.00729. The van der Waals surface area contributed by atoms with Gasteiger partial charge >= 0.3 is 12.3 Å². The third kappa shape index (κ3) is 5.76. The lowest BCUT2D eigenvalue weighted by atomic mass is 10.2. The Balaban J connectivity index is 2.23. The molecule has 0 aliphatic heterocycles. The molecule has 8 nitrogen and oxygen atoms in total. The maximum atomic E-state index is 13.4. The van der Waals surface area contributed by atoms with Crippen molar-refractivity contribution in [3.05, 3.63) is 35.5 Å². The van der Waals surface area contributed by atoms with Crippen molar-refractivity contribution >= 4 is 11.9 Å². The van der Waals surface area contributed by atoms with E-state index in [0.717, 1.165) is 9.81 Å². The third-order valence-electron chi connectivity index (χ3n) is 3.36. The smallest absolute Gasteiger partial charge is 0.439 e. The molecule has 0 radical (unpaired) electrons. The van der Waals surface area contributed by atoms with Crippen LogP contribution in [0.25, 0.3) is 0 Å². The summed E-state index contributed by atoms with van der Waals surface area (Å²) in [6.07, 6.45) is -5.66. The highest BCUT2D eigenvalue weighted by Crippen LogP contribution is 2.33. The van der Waals surface area contributed by atoms with Gasteiger partial charge in [-0.1, -0.05) is 12.1 Å². The van der Waals surface area contributed by atoms with Crippen molar-refractivity contribution in [1.82, 2.24) is 20.4 Å². The molecule has 0 spiro atoms. The Labute approximate surface area is 160 Å². The number of anilines is 1. The molecular weight excluding hydrogens is 379 g/mol. The van der Waals surface area contributed by atoms with Gasteiger partial charge in [0.15, 0.2) is 0 Å². The Morgan fingerprint density at radius 2 is 1.79 bits per heavy atom. The summed E-state index contributed by atoms with van der Waals surface area (Å²) in [5, 5.41) is 8.24. The molecule has 2 rings (SSSR count). The predicted octanol–water partition coefficient (Wildman–Crippen LogP) is 3.23. The van der Waals surface area contributed by atoms with Crippen molar-refractivity contribution in [2.75, 3.05) is 19.2 Å². The van der Waals surface area contributed by atoms with E-state index in [1.807, 2.05) is 0 Å². The molecule has 2 aromatic rings. The van der Waals surface area contributed by atoms with Crippen LogP contribution in [0, 0.1) is 0 Å². The summed E-state index contributed by atoms with van der Waals surface area (Å²) in [6.45, 7) is 4.92. The first-order chi connectivity index (χ1) is 12.9. The highest BCUT2D eigenvalue weighted by molar-refractivity contribution is 5.70. The molecule has 0 fully saturated rings. The number of carbonyl (C=O) groups is 1. The molecule has 0 aliphatic rings. The van der Waals surface area contributed by atoms with Crippen LogP contribution >= 0.6 is 0 Å². The van der Waals surface area contributed by atoms with E-state index in [1.54, 1.807) is 45.0 Å². The Kier molecular flexibility index (Phi) is 6.05. The third-order valence-corrected chi connectivity index (χ3v) is 3.36. The molecule has 0 saturated carbocycles. The first-order valence-electron chi connectivity index (χ1n) is 8.27. The molecule has 0 saturated heterocycles. The van der Waals surface area contributed by atoms with Crippen molar-refractivity contribution < 1.29 is 27.4 Å². The standard InChI is InChI=1S/C17H22F3N5O3/c1-16(2,3)28-15(26)23-24(4)14-13(17(18,19)20)21-25(22-14)10-11-6-8-12(27-5)9-7-11/h6-9H,10H2,1-5H3,(H,23,26). The van der Waals surface area contributed by atoms with Crippen molar-refractivity contribution in [2.24, 2.45) is 0 Å². The zero-order valence-electron chi connectivity index (χ0n) is 16.2. The topological polar surface area (TPSA) is 81.5 Å². The van der Waals surface area contributed by atoms with Crippen LogP contribution in [0.15, 0.2) is 24.3 Å². The number of hydrogen-bond acceptors (Lipinski definition) is 6. The summed E-state index contributed by atoms with van der Waals surface area (Å²) < 4.78 is 50.2. The van der Waals surface area contributed by atoms with Gasteiger partial charge in [0.05, 0.1) is 13.7 Å². The summed E-state index contributed by atoms with van der Waals surface area (Å²) >= 11 is 0. The van der Waals surface area contributed by atoms with E-state index in [4.69, 9.17) is 9.47 Å². The molecule has 1 heterocycles. The molecule has 1 amide bonds. The number of alkyl halides is 3. The van der Waals surface area contributed by atoms with Crippen LogP contribution in [-0.2, 0) is 17.5 Å². The number of nitrogens with zero attached hydrogens (tertiary/aromatic N) is 4. The van der Waals surface area contributed by atoms with Crippen LogP contribution in [-0.4, -0.2) is 40.8 Å². The summed E-state index contributed by atoms with van der Waals surface area (Å²) in [4.78, 5) is 12.7. The van der Waals surface area contributed by atoms with Gasteiger partial charge in [0.2, 0.25) is 11.5 Å². The molecule has 0 aliphatic carbocycles. The van der Waals surface area contributed by atoms with Gasteiger partial charge in [0, 0.05) is 7.05 Å². The van der Waals surface area contributed by atoms with Crippen LogP contribution in [0.4, 0.5) is 23.8 Å². The van der Waals surface area contributed by atoms with Crippen LogP contribution in [0.5, 0.6) is 5.75 Å². The number of methoxy groups -OCH3 is 1. The number of carbonyl (C=O) groups excluding carboxylic acids is 1. The van der Waals surface area contributed by atoms with Crippen LogP contribution < -0.4 is 15.2 Å². The molecule has 11 heteroatoms. The van der Waals surface area contributed by atoms with Crippen LogP contribution in [0.2, 0.25) is 0 Å². The minimum atomic E-state index is -4.75. The molecule has 1 N–H and O–H groups in total. The molecule has 154 valence electrons. The van der Waals surface area contributed by atoms with Gasteiger partial charge in [-0.2, -0.15) is 18.0 Å². The molecule has 1 aromatic carbocycles. The Morgan fingerprint density at radius 1 is 1.18 bits per heavy atom. The van der Waals surface area contributed by atoms with E-state index in [-0.39, 0.29) is 6.54 Å². The number of amides is 1. The van der Waals surface area contributed by atoms with E-state index in [1.165, 1.54) is 14.2 Å². The molecular formula is C17H22F3N5O3. The summed E-state index contributed by atoms with van der Waals surface area (Å²) in [6, 6.07) is 6.75. The van der Waals surface area contributed by atoms with Gasteiger partial charge in [-0.05, 0) is 38.5 Å². The number of nitrogens with one attached hydrogen (secondary N) is 1. The SMILES string of the molecule is COc1ccc(Cn2nc(N(C)NC(=O)OC(C)(C)C)c(C(F)(F)F)n2)cc1. The van der Waals surface area contributed by atoms with Crippen molar-refractivity contribution in [1.29, 1.82) is 0 Å². The first-order valence-corrected chi connectivity index (χ1v) is 8.27. The zero-order valence-corrected chi connectivity index (χ0v) is 16.2. The van der Waals surface area contributed by atoms with E-state index in [9.17, 15) is 18.0 Å². The quantitative estimate of drug-likeness (QED) is 0.775. The van der Waals surface area contributed by atoms with Crippen LogP contribution in [0.3, 0.4) is 0 Å². The fourth-order valence-corrected chi connectivity index (χ4v) is 2.20. The average Bonchev–Trinajstić information content (AvgIpc) is 2.98. The molecule has 28 heavy (non-hydrogen) atoms. The lowest BCUT2D eigenvalue weighted by molar-refractivity contribution is -0.141. The second-order valence-corrected chi connectivity index (χ2v) is 6.92. The normalized spacial score (nSPS) is 11.9. The number of aromatic nitrogens is 3. The zero-order chi connectivity index (χ0) is 21.1. The van der Waals surface area contributed by atoms with Gasteiger partial charge in [-0.3, -0.25) is 5.01 Å². The van der Waals surface area contributed by atoms with Gasteiger partial charge in [-0.15, -0.1) is 10.2 Å². The Hall–Kier alpha value is -2.98. The second-order valence-electron chi connectivity index (χ2n) is 6.92. The van der Waals surface area contributed by atoms with E-state index in [0.29, 0.717) is 11.3 Å². The summed E-state index contributed by atoms with van der Waals surface area (Å²) in [5.74, 6) is 0.0713. The highest BCUT2D eigenvalue weighted by atomic mass is 19.4. The summed E-state index contributed by atoms with van der Waals surface area (Å²) in [5.41, 5.74) is 0.852. The van der Waals surface area contributed by atoms with Crippen molar-refractivity contribution in [3.8, 4) is 5.75 Å². The fourth-order valence-electron chi connectivity index (χ4n) is 2.20. The van der Waals surface area contributed by atoms with E-state index in [2.05, 4.69) is 15.6 Å². The maximum absolute atomic E-state index is 13.4. The van der Waals surface area contributed by atoms with Gasteiger partial charge < -0.3 is 9.47 Å². The van der Waals surface area contributed by atoms with Crippen molar-refractivity contribution in [2.45, 2.75) is 39.1 Å². The number of benzene rings is 1. The monoisotopic (exact) mass is 401 g/mol. The number of rotatable bonds is 5. The average molecular weight is 401 g/mol. The van der Waals surface area contributed by atoms with Crippen LogP contribution in [0.1, 0.15) is 32.0 Å². The number of halogens is 3. The van der Waals surface area contributed by atoms with Gasteiger partial charge in [0.25, 0.3) is 0 Å². The molecule has 1 aromatic heterocycles. The Bertz CT molecular complexity index is 813. The predicted molar refractivity (Wildman–Crippen MR) is 94.9 cm³/mol. The summed E-state index contributed by atoms with van der Waals surface area (Å²) in [7, 11) is 2.74. The molecule has 0 bridgehead atoms. The number of ether oxygens (including phenoxy) is 2. The lowest BCUT2D eigenvalue weighted by Gasteiger charge is -2.23. The molecule has 0 unspecified atom stereocenters. The highest BCUT2D eigenvalue weighted by Gasteiger charge is 2.40.